The quantitative estimate of drug-likeness (QED) is 0.650. The molecule has 1 fully saturated rings. The van der Waals surface area contributed by atoms with Crippen molar-refractivity contribution in [1.82, 2.24) is 10.2 Å². The lowest BCUT2D eigenvalue weighted by Crippen LogP contribution is -2.42. The fourth-order valence-corrected chi connectivity index (χ4v) is 2.62. The third-order valence-electron chi connectivity index (χ3n) is 3.44. The molecule has 18 heavy (non-hydrogen) atoms. The minimum atomic E-state index is -0.354. The molecule has 1 saturated heterocycles. The molecule has 0 spiro atoms. The summed E-state index contributed by atoms with van der Waals surface area (Å²) in [5.74, 6) is 0.740. The van der Waals surface area contributed by atoms with Crippen LogP contribution in [-0.4, -0.2) is 62.0 Å². The lowest BCUT2D eigenvalue weighted by Gasteiger charge is -2.31. The molecule has 1 aliphatic rings. The van der Waals surface area contributed by atoms with E-state index in [9.17, 15) is 5.11 Å². The van der Waals surface area contributed by atoms with E-state index in [0.717, 1.165) is 45.1 Å². The van der Waals surface area contributed by atoms with Gasteiger partial charge in [-0.15, -0.1) is 0 Å². The third kappa shape index (κ3) is 6.69. The molecule has 0 aromatic rings. The van der Waals surface area contributed by atoms with Gasteiger partial charge in [0.15, 0.2) is 0 Å². The molecule has 2 N–H and O–H groups in total. The van der Waals surface area contributed by atoms with E-state index in [0.29, 0.717) is 13.2 Å². The fraction of sp³-hybridized carbons (Fsp3) is 1.00. The zero-order valence-electron chi connectivity index (χ0n) is 12.0. The topological polar surface area (TPSA) is 44.7 Å². The Labute approximate surface area is 112 Å². The Morgan fingerprint density at radius 3 is 2.89 bits per heavy atom. The number of ether oxygens (including phenoxy) is 1. The Balaban J connectivity index is 2.28. The monoisotopic (exact) mass is 258 g/mol. The maximum Gasteiger partial charge on any atom is 0.0900 e. The second-order valence-corrected chi connectivity index (χ2v) is 5.29. The maximum absolute atomic E-state index is 9.92. The van der Waals surface area contributed by atoms with Crippen LogP contribution in [0.15, 0.2) is 0 Å². The van der Waals surface area contributed by atoms with E-state index in [1.807, 2.05) is 6.92 Å². The first-order valence-corrected chi connectivity index (χ1v) is 7.45. The molecule has 0 saturated carbocycles. The maximum atomic E-state index is 9.92. The Kier molecular flexibility index (Phi) is 8.59. The van der Waals surface area contributed by atoms with Gasteiger partial charge >= 0.3 is 0 Å². The van der Waals surface area contributed by atoms with Gasteiger partial charge in [0.05, 0.1) is 12.7 Å². The van der Waals surface area contributed by atoms with E-state index in [1.54, 1.807) is 0 Å². The molecule has 1 heterocycles. The minimum absolute atomic E-state index is 0.354. The molecule has 1 aliphatic heterocycles. The molecule has 2 unspecified atom stereocenters. The van der Waals surface area contributed by atoms with Gasteiger partial charge in [0.2, 0.25) is 0 Å². The Morgan fingerprint density at radius 2 is 2.28 bits per heavy atom. The highest BCUT2D eigenvalue weighted by atomic mass is 16.5. The van der Waals surface area contributed by atoms with Gasteiger partial charge < -0.3 is 20.1 Å². The second-order valence-electron chi connectivity index (χ2n) is 5.29. The summed E-state index contributed by atoms with van der Waals surface area (Å²) in [6.45, 7) is 10.5. The molecule has 0 radical (unpaired) electrons. The molecule has 0 amide bonds. The minimum Gasteiger partial charge on any atom is -0.389 e. The highest BCUT2D eigenvalue weighted by molar-refractivity contribution is 4.74. The van der Waals surface area contributed by atoms with E-state index in [4.69, 9.17) is 4.74 Å². The Hall–Kier alpha value is -0.160. The van der Waals surface area contributed by atoms with Gasteiger partial charge in [0.1, 0.15) is 0 Å². The first-order valence-electron chi connectivity index (χ1n) is 7.45. The van der Waals surface area contributed by atoms with Gasteiger partial charge in [-0.2, -0.15) is 0 Å². The van der Waals surface area contributed by atoms with Gasteiger partial charge in [-0.1, -0.05) is 6.92 Å². The van der Waals surface area contributed by atoms with Crippen molar-refractivity contribution in [3.8, 4) is 0 Å². The second kappa shape index (κ2) is 9.73. The van der Waals surface area contributed by atoms with Crippen LogP contribution in [0.2, 0.25) is 0 Å². The van der Waals surface area contributed by atoms with Crippen molar-refractivity contribution < 1.29 is 9.84 Å². The Bertz CT molecular complexity index is 196. The molecule has 0 aromatic carbocycles. The lowest BCUT2D eigenvalue weighted by atomic mass is 9.99. The first kappa shape index (κ1) is 15.9. The van der Waals surface area contributed by atoms with Crippen molar-refractivity contribution in [3.63, 3.8) is 0 Å². The van der Waals surface area contributed by atoms with Crippen LogP contribution < -0.4 is 5.32 Å². The Morgan fingerprint density at radius 1 is 1.44 bits per heavy atom. The smallest absolute Gasteiger partial charge is 0.0900 e. The number of hydrogen-bond acceptors (Lipinski definition) is 4. The highest BCUT2D eigenvalue weighted by Crippen LogP contribution is 2.12. The van der Waals surface area contributed by atoms with Crippen LogP contribution in [-0.2, 0) is 4.74 Å². The normalized spacial score (nSPS) is 22.3. The number of rotatable bonds is 9. The number of aliphatic hydroxyl groups excluding tert-OH is 1. The summed E-state index contributed by atoms with van der Waals surface area (Å²) in [6.07, 6.45) is 3.38. The van der Waals surface area contributed by atoms with E-state index >= 15 is 0 Å². The van der Waals surface area contributed by atoms with Crippen LogP contribution >= 0.6 is 0 Å². The van der Waals surface area contributed by atoms with E-state index in [2.05, 4.69) is 17.1 Å². The fourth-order valence-electron chi connectivity index (χ4n) is 2.62. The first-order chi connectivity index (χ1) is 8.76. The standard InChI is InChI=1S/C14H30N2O2/c1-3-8-16(11-14(17)12-18-4-2)10-13-6-5-7-15-9-13/h13-15,17H,3-12H2,1-2H3. The molecular formula is C14H30N2O2. The van der Waals surface area contributed by atoms with Crippen LogP contribution in [0.4, 0.5) is 0 Å². The van der Waals surface area contributed by atoms with E-state index in [1.165, 1.54) is 12.8 Å². The van der Waals surface area contributed by atoms with Gasteiger partial charge in [-0.3, -0.25) is 0 Å². The average Bonchev–Trinajstić information content (AvgIpc) is 2.38. The molecule has 0 aliphatic carbocycles. The summed E-state index contributed by atoms with van der Waals surface area (Å²) in [6, 6.07) is 0. The molecule has 4 nitrogen and oxygen atoms in total. The molecule has 2 atom stereocenters. The molecule has 0 aromatic heterocycles. The highest BCUT2D eigenvalue weighted by Gasteiger charge is 2.18. The summed E-state index contributed by atoms with van der Waals surface area (Å²) >= 11 is 0. The number of aliphatic hydroxyl groups is 1. The van der Waals surface area contributed by atoms with Crippen molar-refractivity contribution in [2.45, 2.75) is 39.2 Å². The SMILES string of the molecule is CCCN(CC(O)COCC)CC1CCCNC1. The van der Waals surface area contributed by atoms with Crippen molar-refractivity contribution in [1.29, 1.82) is 0 Å². The summed E-state index contributed by atoms with van der Waals surface area (Å²) in [4.78, 5) is 2.39. The predicted octanol–water partition coefficient (Wildman–Crippen LogP) is 1.10. The lowest BCUT2D eigenvalue weighted by molar-refractivity contribution is 0.0176. The van der Waals surface area contributed by atoms with E-state index in [-0.39, 0.29) is 6.10 Å². The summed E-state index contributed by atoms with van der Waals surface area (Å²) in [5, 5.41) is 13.4. The van der Waals surface area contributed by atoms with Gasteiger partial charge in [-0.25, -0.2) is 0 Å². The van der Waals surface area contributed by atoms with Crippen LogP contribution in [0, 0.1) is 5.92 Å². The van der Waals surface area contributed by atoms with E-state index < -0.39 is 0 Å². The summed E-state index contributed by atoms with van der Waals surface area (Å²) in [5.41, 5.74) is 0. The number of nitrogens with zero attached hydrogens (tertiary/aromatic N) is 1. The van der Waals surface area contributed by atoms with Crippen molar-refractivity contribution in [3.05, 3.63) is 0 Å². The van der Waals surface area contributed by atoms with Gasteiger partial charge in [-0.05, 0) is 51.7 Å². The van der Waals surface area contributed by atoms with Crippen LogP contribution in [0.1, 0.15) is 33.1 Å². The average molecular weight is 258 g/mol. The zero-order chi connectivity index (χ0) is 13.2. The van der Waals surface area contributed by atoms with Gasteiger partial charge in [0, 0.05) is 19.7 Å². The molecule has 1 rings (SSSR count). The zero-order valence-corrected chi connectivity index (χ0v) is 12.0. The number of piperidine rings is 1. The third-order valence-corrected chi connectivity index (χ3v) is 3.44. The molecule has 0 bridgehead atoms. The van der Waals surface area contributed by atoms with Crippen molar-refractivity contribution in [2.24, 2.45) is 5.92 Å². The predicted molar refractivity (Wildman–Crippen MR) is 74.8 cm³/mol. The van der Waals surface area contributed by atoms with Crippen LogP contribution in [0.5, 0.6) is 0 Å². The van der Waals surface area contributed by atoms with Crippen LogP contribution in [0.3, 0.4) is 0 Å². The number of nitrogens with one attached hydrogen (secondary N) is 1. The largest absolute Gasteiger partial charge is 0.389 e. The van der Waals surface area contributed by atoms with Crippen LogP contribution in [0.25, 0.3) is 0 Å². The van der Waals surface area contributed by atoms with Crippen molar-refractivity contribution >= 4 is 0 Å². The van der Waals surface area contributed by atoms with Gasteiger partial charge in [0.25, 0.3) is 0 Å². The summed E-state index contributed by atoms with van der Waals surface area (Å²) in [7, 11) is 0. The number of hydrogen-bond donors (Lipinski definition) is 2. The molecule has 4 heteroatoms. The van der Waals surface area contributed by atoms with Crippen molar-refractivity contribution in [2.75, 3.05) is 45.9 Å². The summed E-state index contributed by atoms with van der Waals surface area (Å²) < 4.78 is 5.28. The molecule has 108 valence electrons. The molecular weight excluding hydrogens is 228 g/mol.